The maximum absolute atomic E-state index is 10.6. The van der Waals surface area contributed by atoms with E-state index in [0.29, 0.717) is 5.75 Å². The van der Waals surface area contributed by atoms with E-state index in [2.05, 4.69) is 39.4 Å². The van der Waals surface area contributed by atoms with Crippen molar-refractivity contribution in [2.24, 2.45) is 0 Å². The molecule has 24 heavy (non-hydrogen) atoms. The van der Waals surface area contributed by atoms with Gasteiger partial charge in [0.15, 0.2) is 0 Å². The summed E-state index contributed by atoms with van der Waals surface area (Å²) in [6, 6.07) is 20.2. The van der Waals surface area contributed by atoms with Gasteiger partial charge in [0.2, 0.25) is 0 Å². The lowest BCUT2D eigenvalue weighted by atomic mass is 10.0. The highest BCUT2D eigenvalue weighted by Crippen LogP contribution is 2.44. The van der Waals surface area contributed by atoms with Gasteiger partial charge < -0.3 is 10.0 Å². The smallest absolute Gasteiger partial charge is 0.139 e. The molecule has 2 heterocycles. The summed E-state index contributed by atoms with van der Waals surface area (Å²) < 4.78 is 0. The van der Waals surface area contributed by atoms with Crippen molar-refractivity contribution in [2.45, 2.75) is 18.9 Å². The predicted octanol–water partition coefficient (Wildman–Crippen LogP) is 4.19. The summed E-state index contributed by atoms with van der Waals surface area (Å²) in [5.41, 5.74) is 3.83. The highest BCUT2D eigenvalue weighted by molar-refractivity contribution is 5.81. The monoisotopic (exact) mass is 317 g/mol. The second-order valence-corrected chi connectivity index (χ2v) is 6.04. The van der Waals surface area contributed by atoms with Gasteiger partial charge in [-0.3, -0.25) is 0 Å². The Bertz CT molecular complexity index is 821. The lowest BCUT2D eigenvalue weighted by Gasteiger charge is -2.29. The standard InChI is InChI=1S/C20H19N3O/c24-19-12-4-9-16(17-10-5-13-21-22-17)20(19)23-14-6-11-18(23)15-7-2-1-3-8-15/h1-5,7-10,12-13,18,24H,6,11,14H2. The van der Waals surface area contributed by atoms with Crippen LogP contribution in [0.25, 0.3) is 11.3 Å². The van der Waals surface area contributed by atoms with Crippen molar-refractivity contribution in [1.82, 2.24) is 10.2 Å². The Kier molecular flexibility index (Phi) is 3.87. The second-order valence-electron chi connectivity index (χ2n) is 6.04. The van der Waals surface area contributed by atoms with Gasteiger partial charge >= 0.3 is 0 Å². The van der Waals surface area contributed by atoms with Crippen LogP contribution in [0.2, 0.25) is 0 Å². The molecule has 2 aromatic carbocycles. The number of benzene rings is 2. The molecule has 0 amide bonds. The molecule has 1 saturated heterocycles. The maximum atomic E-state index is 10.6. The molecule has 0 aliphatic carbocycles. The molecule has 1 atom stereocenters. The Balaban J connectivity index is 1.81. The van der Waals surface area contributed by atoms with E-state index in [9.17, 15) is 5.11 Å². The van der Waals surface area contributed by atoms with E-state index >= 15 is 0 Å². The zero-order valence-electron chi connectivity index (χ0n) is 13.3. The third-order valence-electron chi connectivity index (χ3n) is 4.59. The summed E-state index contributed by atoms with van der Waals surface area (Å²) >= 11 is 0. The molecule has 0 spiro atoms. The minimum atomic E-state index is 0.273. The number of anilines is 1. The third-order valence-corrected chi connectivity index (χ3v) is 4.59. The molecule has 0 radical (unpaired) electrons. The highest BCUT2D eigenvalue weighted by atomic mass is 16.3. The molecule has 4 rings (SSSR count). The number of phenols is 1. The zero-order valence-corrected chi connectivity index (χ0v) is 13.3. The average molecular weight is 317 g/mol. The van der Waals surface area contributed by atoms with E-state index in [0.717, 1.165) is 36.3 Å². The molecule has 1 fully saturated rings. The Labute approximate surface area is 141 Å². The molecule has 3 aromatic rings. The minimum Gasteiger partial charge on any atom is -0.506 e. The van der Waals surface area contributed by atoms with Crippen molar-refractivity contribution in [2.75, 3.05) is 11.4 Å². The highest BCUT2D eigenvalue weighted by Gasteiger charge is 2.30. The topological polar surface area (TPSA) is 49.3 Å². The molecule has 0 saturated carbocycles. The number of phenolic OH excluding ortho intramolecular Hbond substituents is 1. The normalized spacial score (nSPS) is 17.2. The number of hydrogen-bond acceptors (Lipinski definition) is 4. The number of nitrogens with zero attached hydrogens (tertiary/aromatic N) is 3. The van der Waals surface area contributed by atoms with Crippen molar-refractivity contribution < 1.29 is 5.11 Å². The number of para-hydroxylation sites is 1. The van der Waals surface area contributed by atoms with E-state index in [1.54, 1.807) is 12.3 Å². The first-order valence-corrected chi connectivity index (χ1v) is 8.26. The van der Waals surface area contributed by atoms with Crippen LogP contribution in [0.1, 0.15) is 24.4 Å². The molecule has 4 nitrogen and oxygen atoms in total. The van der Waals surface area contributed by atoms with Crippen LogP contribution < -0.4 is 4.90 Å². The van der Waals surface area contributed by atoms with Gasteiger partial charge in [0.1, 0.15) is 5.75 Å². The third kappa shape index (κ3) is 2.60. The molecular weight excluding hydrogens is 298 g/mol. The van der Waals surface area contributed by atoms with Crippen LogP contribution >= 0.6 is 0 Å². The Morgan fingerprint density at radius 3 is 2.62 bits per heavy atom. The minimum absolute atomic E-state index is 0.273. The van der Waals surface area contributed by atoms with Crippen molar-refractivity contribution in [3.63, 3.8) is 0 Å². The Morgan fingerprint density at radius 2 is 1.83 bits per heavy atom. The number of aromatic nitrogens is 2. The van der Waals surface area contributed by atoms with Gasteiger partial charge in [-0.15, -0.1) is 0 Å². The van der Waals surface area contributed by atoms with Crippen molar-refractivity contribution in [3.05, 3.63) is 72.4 Å². The first-order valence-electron chi connectivity index (χ1n) is 8.26. The van der Waals surface area contributed by atoms with Crippen LogP contribution in [0, 0.1) is 0 Å². The van der Waals surface area contributed by atoms with Gasteiger partial charge in [0, 0.05) is 18.3 Å². The van der Waals surface area contributed by atoms with Crippen LogP contribution in [0.4, 0.5) is 5.69 Å². The van der Waals surface area contributed by atoms with E-state index in [-0.39, 0.29) is 6.04 Å². The fraction of sp³-hybridized carbons (Fsp3) is 0.200. The first kappa shape index (κ1) is 14.7. The summed E-state index contributed by atoms with van der Waals surface area (Å²) in [5.74, 6) is 0.293. The SMILES string of the molecule is Oc1cccc(-c2cccnn2)c1N1CCCC1c1ccccc1. The van der Waals surface area contributed by atoms with Crippen LogP contribution in [0.3, 0.4) is 0 Å². The fourth-order valence-electron chi connectivity index (χ4n) is 3.54. The van der Waals surface area contributed by atoms with Crippen molar-refractivity contribution in [1.29, 1.82) is 0 Å². The molecule has 1 aromatic heterocycles. The number of hydrogen-bond donors (Lipinski definition) is 1. The lowest BCUT2D eigenvalue weighted by molar-refractivity contribution is 0.473. The summed E-state index contributed by atoms with van der Waals surface area (Å²) in [4.78, 5) is 2.30. The van der Waals surface area contributed by atoms with Gasteiger partial charge in [-0.2, -0.15) is 10.2 Å². The molecular formula is C20H19N3O. The van der Waals surface area contributed by atoms with Gasteiger partial charge in [-0.1, -0.05) is 42.5 Å². The number of rotatable bonds is 3. The summed E-state index contributed by atoms with van der Waals surface area (Å²) in [6.45, 7) is 0.921. The molecule has 1 aliphatic heterocycles. The summed E-state index contributed by atoms with van der Waals surface area (Å²) in [5, 5.41) is 18.8. The van der Waals surface area contributed by atoms with Crippen LogP contribution in [0.15, 0.2) is 66.9 Å². The van der Waals surface area contributed by atoms with Crippen LogP contribution in [-0.2, 0) is 0 Å². The fourth-order valence-corrected chi connectivity index (χ4v) is 3.54. The summed E-state index contributed by atoms with van der Waals surface area (Å²) in [6.07, 6.45) is 3.85. The molecule has 4 heteroatoms. The second kappa shape index (κ2) is 6.32. The van der Waals surface area contributed by atoms with Gasteiger partial charge in [0.05, 0.1) is 17.4 Å². The number of aromatic hydroxyl groups is 1. The Morgan fingerprint density at radius 1 is 0.958 bits per heavy atom. The molecule has 0 bridgehead atoms. The zero-order chi connectivity index (χ0) is 16.4. The molecule has 1 unspecified atom stereocenters. The Hall–Kier alpha value is -2.88. The predicted molar refractivity (Wildman–Crippen MR) is 94.9 cm³/mol. The quantitative estimate of drug-likeness (QED) is 0.787. The van der Waals surface area contributed by atoms with E-state index in [4.69, 9.17) is 0 Å². The lowest BCUT2D eigenvalue weighted by Crippen LogP contribution is -2.23. The van der Waals surface area contributed by atoms with E-state index in [1.807, 2.05) is 30.3 Å². The van der Waals surface area contributed by atoms with Crippen LogP contribution in [0.5, 0.6) is 5.75 Å². The average Bonchev–Trinajstić information content (AvgIpc) is 3.12. The van der Waals surface area contributed by atoms with E-state index < -0.39 is 0 Å². The summed E-state index contributed by atoms with van der Waals surface area (Å²) in [7, 11) is 0. The molecule has 1 N–H and O–H groups in total. The van der Waals surface area contributed by atoms with E-state index in [1.165, 1.54) is 5.56 Å². The van der Waals surface area contributed by atoms with Gasteiger partial charge in [0.25, 0.3) is 0 Å². The largest absolute Gasteiger partial charge is 0.506 e. The van der Waals surface area contributed by atoms with Crippen molar-refractivity contribution >= 4 is 5.69 Å². The maximum Gasteiger partial charge on any atom is 0.139 e. The first-order chi connectivity index (χ1) is 11.8. The van der Waals surface area contributed by atoms with Crippen molar-refractivity contribution in [3.8, 4) is 17.0 Å². The van der Waals surface area contributed by atoms with Crippen LogP contribution in [-0.4, -0.2) is 21.8 Å². The molecule has 120 valence electrons. The van der Waals surface area contributed by atoms with Gasteiger partial charge in [-0.25, -0.2) is 0 Å². The molecule has 1 aliphatic rings. The van der Waals surface area contributed by atoms with Gasteiger partial charge in [-0.05, 0) is 36.6 Å².